The van der Waals surface area contributed by atoms with E-state index in [0.717, 1.165) is 0 Å². The van der Waals surface area contributed by atoms with E-state index >= 15 is 0 Å². The van der Waals surface area contributed by atoms with E-state index in [9.17, 15) is 9.00 Å². The molecule has 0 bridgehead atoms. The lowest BCUT2D eigenvalue weighted by molar-refractivity contribution is 0.0956. The minimum Gasteiger partial charge on any atom is -0.493 e. The fourth-order valence-corrected chi connectivity index (χ4v) is 1.88. The fraction of sp³-hybridized carbons (Fsp3) is 0.417. The summed E-state index contributed by atoms with van der Waals surface area (Å²) in [7, 11) is 2.03. The quantitative estimate of drug-likeness (QED) is 0.738. The Balaban J connectivity index is 2.87. The molecular weight excluding hydrogens is 268 g/mol. The van der Waals surface area contributed by atoms with Crippen molar-refractivity contribution in [3.8, 4) is 11.5 Å². The maximum atomic E-state index is 11.9. The first-order chi connectivity index (χ1) is 8.99. The number of hydrogen-bond donors (Lipinski definition) is 2. The molecular formula is C12H18N2O4S. The number of nitrogens with one attached hydrogen (secondary N) is 1. The lowest BCUT2D eigenvalue weighted by atomic mass is 10.1. The first-order valence-corrected chi connectivity index (χ1v) is 7.32. The Morgan fingerprint density at radius 2 is 1.89 bits per heavy atom. The molecule has 1 atom stereocenters. The van der Waals surface area contributed by atoms with Gasteiger partial charge in [0, 0.05) is 41.1 Å². The van der Waals surface area contributed by atoms with Crippen molar-refractivity contribution in [2.45, 2.75) is 0 Å². The van der Waals surface area contributed by atoms with Gasteiger partial charge in [0.25, 0.3) is 5.91 Å². The van der Waals surface area contributed by atoms with Crippen molar-refractivity contribution in [2.24, 2.45) is 0 Å². The summed E-state index contributed by atoms with van der Waals surface area (Å²) in [4.78, 5) is 11.9. The average molecular weight is 286 g/mol. The summed E-state index contributed by atoms with van der Waals surface area (Å²) in [6.45, 7) is 0.329. The lowest BCUT2D eigenvalue weighted by Crippen LogP contribution is -2.28. The van der Waals surface area contributed by atoms with Crippen molar-refractivity contribution in [1.82, 2.24) is 5.32 Å². The van der Waals surface area contributed by atoms with Crippen LogP contribution in [0.2, 0.25) is 0 Å². The van der Waals surface area contributed by atoms with Crippen LogP contribution in [0, 0.1) is 0 Å². The molecule has 0 aromatic heterocycles. The number of ether oxygens (including phenoxy) is 2. The van der Waals surface area contributed by atoms with Gasteiger partial charge in [0.05, 0.1) is 19.8 Å². The van der Waals surface area contributed by atoms with Crippen molar-refractivity contribution in [3.05, 3.63) is 17.7 Å². The molecule has 0 aliphatic rings. The maximum absolute atomic E-state index is 11.9. The second-order valence-corrected chi connectivity index (χ2v) is 5.38. The van der Waals surface area contributed by atoms with Gasteiger partial charge in [-0.2, -0.15) is 0 Å². The van der Waals surface area contributed by atoms with Gasteiger partial charge in [-0.1, -0.05) is 0 Å². The lowest BCUT2D eigenvalue weighted by Gasteiger charge is -2.12. The molecule has 19 heavy (non-hydrogen) atoms. The molecule has 0 spiro atoms. The number of carbonyl (C=O) groups excluding carboxylic acids is 1. The van der Waals surface area contributed by atoms with Crippen LogP contribution in [0.3, 0.4) is 0 Å². The summed E-state index contributed by atoms with van der Waals surface area (Å²) in [6.07, 6.45) is 1.58. The highest BCUT2D eigenvalue weighted by Gasteiger charge is 2.14. The molecule has 0 aliphatic heterocycles. The molecule has 0 heterocycles. The van der Waals surface area contributed by atoms with Gasteiger partial charge < -0.3 is 20.5 Å². The molecule has 1 aromatic rings. The molecule has 106 valence electrons. The summed E-state index contributed by atoms with van der Waals surface area (Å²) in [6, 6.07) is 3.05. The third kappa shape index (κ3) is 4.13. The molecule has 0 saturated carbocycles. The third-order valence-corrected chi connectivity index (χ3v) is 3.25. The van der Waals surface area contributed by atoms with Crippen LogP contribution in [-0.2, 0) is 10.8 Å². The SMILES string of the molecule is COc1cc(N)c(C(=O)NCCS(C)=O)cc1OC. The number of rotatable bonds is 6. The topological polar surface area (TPSA) is 90.6 Å². The average Bonchev–Trinajstić information content (AvgIpc) is 2.37. The van der Waals surface area contributed by atoms with Gasteiger partial charge in [-0.05, 0) is 6.07 Å². The van der Waals surface area contributed by atoms with Crippen molar-refractivity contribution in [1.29, 1.82) is 0 Å². The molecule has 1 rings (SSSR count). The van der Waals surface area contributed by atoms with Crippen LogP contribution in [0.25, 0.3) is 0 Å². The van der Waals surface area contributed by atoms with E-state index in [2.05, 4.69) is 5.32 Å². The van der Waals surface area contributed by atoms with Crippen molar-refractivity contribution in [3.63, 3.8) is 0 Å². The monoisotopic (exact) mass is 286 g/mol. The van der Waals surface area contributed by atoms with E-state index < -0.39 is 10.8 Å². The number of hydrogen-bond acceptors (Lipinski definition) is 5. The van der Waals surface area contributed by atoms with Crippen LogP contribution in [0.15, 0.2) is 12.1 Å². The normalized spacial score (nSPS) is 11.7. The van der Waals surface area contributed by atoms with Crippen LogP contribution < -0.4 is 20.5 Å². The van der Waals surface area contributed by atoms with E-state index in [1.54, 1.807) is 6.26 Å². The van der Waals surface area contributed by atoms with Gasteiger partial charge in [-0.25, -0.2) is 0 Å². The number of nitrogens with two attached hydrogens (primary N) is 1. The molecule has 1 aromatic carbocycles. The Labute approximate surface area is 114 Å². The van der Waals surface area contributed by atoms with E-state index in [0.29, 0.717) is 35.0 Å². The number of amides is 1. The number of anilines is 1. The molecule has 1 unspecified atom stereocenters. The minimum atomic E-state index is -0.945. The molecule has 7 heteroatoms. The minimum absolute atomic E-state index is 0.299. The zero-order chi connectivity index (χ0) is 14.4. The predicted octanol–water partition coefficient (Wildman–Crippen LogP) is 0.394. The predicted molar refractivity (Wildman–Crippen MR) is 75.2 cm³/mol. The molecule has 6 nitrogen and oxygen atoms in total. The van der Waals surface area contributed by atoms with Gasteiger partial charge in [-0.3, -0.25) is 9.00 Å². The molecule has 0 radical (unpaired) electrons. The van der Waals surface area contributed by atoms with E-state index in [-0.39, 0.29) is 5.91 Å². The van der Waals surface area contributed by atoms with Gasteiger partial charge >= 0.3 is 0 Å². The van der Waals surface area contributed by atoms with E-state index in [4.69, 9.17) is 15.2 Å². The standard InChI is InChI=1S/C12H18N2O4S/c1-17-10-6-8(9(13)7-11(10)18-2)12(15)14-4-5-19(3)16/h6-7H,4-5,13H2,1-3H3,(H,14,15). The Hall–Kier alpha value is -1.76. The summed E-state index contributed by atoms with van der Waals surface area (Å²) >= 11 is 0. The molecule has 0 fully saturated rings. The van der Waals surface area contributed by atoms with Crippen LogP contribution >= 0.6 is 0 Å². The Morgan fingerprint density at radius 3 is 2.42 bits per heavy atom. The van der Waals surface area contributed by atoms with Crippen LogP contribution in [0.4, 0.5) is 5.69 Å². The van der Waals surface area contributed by atoms with Gasteiger partial charge in [-0.15, -0.1) is 0 Å². The maximum Gasteiger partial charge on any atom is 0.253 e. The molecule has 1 amide bonds. The second-order valence-electron chi connectivity index (χ2n) is 3.83. The summed E-state index contributed by atoms with van der Waals surface area (Å²) in [5, 5.41) is 2.65. The first kappa shape index (κ1) is 15.3. The largest absolute Gasteiger partial charge is 0.493 e. The summed E-state index contributed by atoms with van der Waals surface area (Å²) in [5.74, 6) is 0.967. The Kier molecular flexibility index (Phi) is 5.62. The van der Waals surface area contributed by atoms with Crippen LogP contribution in [0.1, 0.15) is 10.4 Å². The first-order valence-electron chi connectivity index (χ1n) is 5.59. The van der Waals surface area contributed by atoms with Crippen molar-refractivity contribution in [2.75, 3.05) is 38.5 Å². The van der Waals surface area contributed by atoms with Gasteiger partial charge in [0.2, 0.25) is 0 Å². The summed E-state index contributed by atoms with van der Waals surface area (Å²) in [5.41, 5.74) is 6.40. The molecule has 0 aliphatic carbocycles. The summed E-state index contributed by atoms with van der Waals surface area (Å²) < 4.78 is 21.1. The van der Waals surface area contributed by atoms with Gasteiger partial charge in [0.1, 0.15) is 0 Å². The Bertz CT molecular complexity index is 491. The second kappa shape index (κ2) is 6.98. The number of benzene rings is 1. The number of nitrogen functional groups attached to an aromatic ring is 1. The highest BCUT2D eigenvalue weighted by atomic mass is 32.2. The van der Waals surface area contributed by atoms with Crippen molar-refractivity contribution >= 4 is 22.4 Å². The highest BCUT2D eigenvalue weighted by molar-refractivity contribution is 7.84. The third-order valence-electron chi connectivity index (χ3n) is 2.48. The zero-order valence-corrected chi connectivity index (χ0v) is 12.0. The van der Waals surface area contributed by atoms with Crippen molar-refractivity contribution < 1.29 is 18.5 Å². The smallest absolute Gasteiger partial charge is 0.253 e. The van der Waals surface area contributed by atoms with E-state index in [1.807, 2.05) is 0 Å². The number of methoxy groups -OCH3 is 2. The fourth-order valence-electron chi connectivity index (χ4n) is 1.49. The molecule has 3 N–H and O–H groups in total. The highest BCUT2D eigenvalue weighted by Crippen LogP contribution is 2.31. The Morgan fingerprint density at radius 1 is 1.32 bits per heavy atom. The zero-order valence-electron chi connectivity index (χ0n) is 11.2. The van der Waals surface area contributed by atoms with Crippen LogP contribution in [0.5, 0.6) is 11.5 Å². The van der Waals surface area contributed by atoms with E-state index in [1.165, 1.54) is 26.4 Å². The van der Waals surface area contributed by atoms with Gasteiger partial charge in [0.15, 0.2) is 11.5 Å². The number of carbonyl (C=O) groups is 1. The van der Waals surface area contributed by atoms with Crippen LogP contribution in [-0.4, -0.2) is 42.9 Å². The molecule has 0 saturated heterocycles.